The number of aryl methyl sites for hydroxylation is 1. The van der Waals surface area contributed by atoms with E-state index in [-0.39, 0.29) is 5.91 Å². The Kier molecular flexibility index (Phi) is 7.12. The molecule has 1 amide bonds. The van der Waals surface area contributed by atoms with E-state index >= 15 is 0 Å². The highest BCUT2D eigenvalue weighted by molar-refractivity contribution is 6.13. The lowest BCUT2D eigenvalue weighted by Crippen LogP contribution is -2.43. The van der Waals surface area contributed by atoms with E-state index in [1.807, 2.05) is 36.4 Å². The minimum Gasteiger partial charge on any atom is -0.495 e. The molecule has 0 saturated carbocycles. The molecule has 4 rings (SSSR count). The fraction of sp³-hybridized carbons (Fsp3) is 0.423. The van der Waals surface area contributed by atoms with E-state index in [2.05, 4.69) is 35.2 Å². The molecule has 1 saturated heterocycles. The highest BCUT2D eigenvalue weighted by atomic mass is 16.5. The van der Waals surface area contributed by atoms with E-state index in [9.17, 15) is 4.79 Å². The predicted molar refractivity (Wildman–Crippen MR) is 129 cm³/mol. The quantitative estimate of drug-likeness (QED) is 0.552. The van der Waals surface area contributed by atoms with E-state index in [4.69, 9.17) is 9.15 Å². The van der Waals surface area contributed by atoms with Crippen molar-refractivity contribution < 1.29 is 13.9 Å². The summed E-state index contributed by atoms with van der Waals surface area (Å²) in [4.78, 5) is 18.2. The van der Waals surface area contributed by atoms with Crippen molar-refractivity contribution >= 4 is 22.6 Å². The number of furan rings is 1. The number of unbranched alkanes of at least 4 members (excludes halogenated alkanes) is 1. The molecule has 6 nitrogen and oxygen atoms in total. The Morgan fingerprint density at radius 2 is 1.91 bits per heavy atom. The molecule has 3 aromatic rings. The van der Waals surface area contributed by atoms with Crippen molar-refractivity contribution in [2.24, 2.45) is 0 Å². The number of rotatable bonds is 8. The summed E-state index contributed by atoms with van der Waals surface area (Å²) in [5, 5.41) is 3.96. The summed E-state index contributed by atoms with van der Waals surface area (Å²) in [5.74, 6) is 1.25. The Morgan fingerprint density at radius 3 is 2.66 bits per heavy atom. The summed E-state index contributed by atoms with van der Waals surface area (Å²) in [6.07, 6.45) is 2.76. The molecule has 1 aliphatic heterocycles. The van der Waals surface area contributed by atoms with Gasteiger partial charge in [-0.2, -0.15) is 0 Å². The van der Waals surface area contributed by atoms with Crippen LogP contribution < -0.4 is 10.1 Å². The zero-order chi connectivity index (χ0) is 22.5. The number of amides is 1. The van der Waals surface area contributed by atoms with Crippen LogP contribution in [-0.2, 0) is 13.0 Å². The molecule has 1 N–H and O–H groups in total. The number of carbonyl (C=O) groups is 1. The first-order valence-corrected chi connectivity index (χ1v) is 11.5. The molecule has 0 unspecified atom stereocenters. The molecule has 0 spiro atoms. The normalized spacial score (nSPS) is 15.2. The van der Waals surface area contributed by atoms with Crippen LogP contribution in [0.3, 0.4) is 0 Å². The van der Waals surface area contributed by atoms with Gasteiger partial charge < -0.3 is 19.4 Å². The molecule has 1 aliphatic rings. The molecule has 2 aromatic carbocycles. The van der Waals surface area contributed by atoms with Crippen LogP contribution in [0.2, 0.25) is 0 Å². The van der Waals surface area contributed by atoms with Crippen LogP contribution in [0.15, 0.2) is 46.9 Å². The van der Waals surface area contributed by atoms with Gasteiger partial charge in [-0.15, -0.1) is 0 Å². The van der Waals surface area contributed by atoms with Crippen LogP contribution in [-0.4, -0.2) is 56.0 Å². The Morgan fingerprint density at radius 1 is 1.12 bits per heavy atom. The third-order valence-electron chi connectivity index (χ3n) is 6.17. The van der Waals surface area contributed by atoms with Crippen molar-refractivity contribution in [3.05, 3.63) is 59.4 Å². The van der Waals surface area contributed by atoms with Crippen LogP contribution in [0.25, 0.3) is 11.0 Å². The number of carbonyl (C=O) groups excluding carboxylic acids is 1. The van der Waals surface area contributed by atoms with Crippen molar-refractivity contribution in [2.75, 3.05) is 45.7 Å². The number of para-hydroxylation sites is 1. The summed E-state index contributed by atoms with van der Waals surface area (Å²) < 4.78 is 11.6. The van der Waals surface area contributed by atoms with Gasteiger partial charge in [-0.25, -0.2) is 0 Å². The first-order chi connectivity index (χ1) is 15.6. The highest BCUT2D eigenvalue weighted by Crippen LogP contribution is 2.31. The van der Waals surface area contributed by atoms with Crippen LogP contribution in [0.4, 0.5) is 5.69 Å². The van der Waals surface area contributed by atoms with Crippen molar-refractivity contribution in [1.82, 2.24) is 9.80 Å². The van der Waals surface area contributed by atoms with Gasteiger partial charge in [0.2, 0.25) is 0 Å². The number of fused-ring (bicyclic) bond motifs is 1. The summed E-state index contributed by atoms with van der Waals surface area (Å²) in [7, 11) is 3.79. The smallest absolute Gasteiger partial charge is 0.259 e. The third-order valence-corrected chi connectivity index (χ3v) is 6.17. The fourth-order valence-corrected chi connectivity index (χ4v) is 4.26. The molecule has 2 heterocycles. The van der Waals surface area contributed by atoms with E-state index in [0.717, 1.165) is 74.3 Å². The van der Waals surface area contributed by atoms with Gasteiger partial charge in [-0.1, -0.05) is 37.6 Å². The number of nitrogens with zero attached hydrogens (tertiary/aromatic N) is 2. The first-order valence-electron chi connectivity index (χ1n) is 11.5. The summed E-state index contributed by atoms with van der Waals surface area (Å²) in [6.45, 7) is 7.25. The number of likely N-dealkylation sites (N-methyl/N-ethyl adjacent to an activating group) is 1. The SMILES string of the molecule is CCCCc1oc2ccccc2c1C(=O)Nc1cc(CN2CCN(C)CC2)ccc1OC. The number of methoxy groups -OCH3 is 1. The number of anilines is 1. The summed E-state index contributed by atoms with van der Waals surface area (Å²) >= 11 is 0. The average Bonchev–Trinajstić information content (AvgIpc) is 3.18. The highest BCUT2D eigenvalue weighted by Gasteiger charge is 2.22. The summed E-state index contributed by atoms with van der Waals surface area (Å²) in [5.41, 5.74) is 3.23. The molecule has 32 heavy (non-hydrogen) atoms. The number of piperazine rings is 1. The maximum Gasteiger partial charge on any atom is 0.259 e. The molecule has 6 heteroatoms. The van der Waals surface area contributed by atoms with Crippen LogP contribution in [0, 0.1) is 0 Å². The Balaban J connectivity index is 1.58. The summed E-state index contributed by atoms with van der Waals surface area (Å²) in [6, 6.07) is 13.8. The number of hydrogen-bond donors (Lipinski definition) is 1. The second-order valence-electron chi connectivity index (χ2n) is 8.57. The van der Waals surface area contributed by atoms with Gasteiger partial charge in [0.25, 0.3) is 5.91 Å². The largest absolute Gasteiger partial charge is 0.495 e. The molecule has 0 bridgehead atoms. The lowest BCUT2D eigenvalue weighted by atomic mass is 10.1. The molecule has 0 aliphatic carbocycles. The molecule has 1 aromatic heterocycles. The molecule has 170 valence electrons. The van der Waals surface area contributed by atoms with Gasteiger partial charge in [-0.05, 0) is 37.2 Å². The number of ether oxygens (including phenoxy) is 1. The van der Waals surface area contributed by atoms with Gasteiger partial charge in [0.1, 0.15) is 17.1 Å². The Hall–Kier alpha value is -2.83. The predicted octanol–water partition coefficient (Wildman–Crippen LogP) is 4.78. The van der Waals surface area contributed by atoms with Crippen LogP contribution in [0.1, 0.15) is 41.4 Å². The maximum absolute atomic E-state index is 13.4. The van der Waals surface area contributed by atoms with Gasteiger partial charge in [0.15, 0.2) is 0 Å². The monoisotopic (exact) mass is 435 g/mol. The fourth-order valence-electron chi connectivity index (χ4n) is 4.26. The van der Waals surface area contributed by atoms with Gasteiger partial charge in [0, 0.05) is 44.5 Å². The maximum atomic E-state index is 13.4. The molecule has 0 radical (unpaired) electrons. The number of nitrogens with one attached hydrogen (secondary N) is 1. The van der Waals surface area contributed by atoms with Crippen molar-refractivity contribution in [1.29, 1.82) is 0 Å². The van der Waals surface area contributed by atoms with Crippen molar-refractivity contribution in [3.63, 3.8) is 0 Å². The molecule has 1 fully saturated rings. The topological polar surface area (TPSA) is 58.0 Å². The van der Waals surface area contributed by atoms with E-state index in [1.54, 1.807) is 7.11 Å². The lowest BCUT2D eigenvalue weighted by Gasteiger charge is -2.32. The molecular weight excluding hydrogens is 402 g/mol. The minimum absolute atomic E-state index is 0.156. The van der Waals surface area contributed by atoms with E-state index < -0.39 is 0 Å². The van der Waals surface area contributed by atoms with Gasteiger partial charge in [0.05, 0.1) is 18.4 Å². The average molecular weight is 436 g/mol. The standard InChI is InChI=1S/C26H33N3O3/c1-4-5-9-24-25(20-8-6-7-10-22(20)32-24)26(30)27-21-17-19(11-12-23(21)31-3)18-29-15-13-28(2)14-16-29/h6-8,10-12,17H,4-5,9,13-16,18H2,1-3H3,(H,27,30). The van der Waals surface area contributed by atoms with Crippen LogP contribution >= 0.6 is 0 Å². The van der Waals surface area contributed by atoms with Crippen LogP contribution in [0.5, 0.6) is 5.75 Å². The minimum atomic E-state index is -0.156. The third kappa shape index (κ3) is 4.97. The van der Waals surface area contributed by atoms with Gasteiger partial charge >= 0.3 is 0 Å². The molecular formula is C26H33N3O3. The lowest BCUT2D eigenvalue weighted by molar-refractivity contribution is 0.102. The zero-order valence-electron chi connectivity index (χ0n) is 19.3. The number of hydrogen-bond acceptors (Lipinski definition) is 5. The molecule has 0 atom stereocenters. The zero-order valence-corrected chi connectivity index (χ0v) is 19.3. The second-order valence-corrected chi connectivity index (χ2v) is 8.57. The Labute approximate surface area is 190 Å². The van der Waals surface area contributed by atoms with Crippen molar-refractivity contribution in [3.8, 4) is 5.75 Å². The van der Waals surface area contributed by atoms with Crippen molar-refractivity contribution in [2.45, 2.75) is 32.7 Å². The van der Waals surface area contributed by atoms with E-state index in [1.165, 1.54) is 0 Å². The van der Waals surface area contributed by atoms with E-state index in [0.29, 0.717) is 17.0 Å². The number of benzene rings is 2. The Bertz CT molecular complexity index is 1070. The van der Waals surface area contributed by atoms with Gasteiger partial charge in [-0.3, -0.25) is 9.69 Å². The first kappa shape index (κ1) is 22.4. The second kappa shape index (κ2) is 10.2.